The van der Waals surface area contributed by atoms with Crippen LogP contribution in [0.15, 0.2) is 12.1 Å². The summed E-state index contributed by atoms with van der Waals surface area (Å²) in [6.45, 7) is 4.24. The van der Waals surface area contributed by atoms with E-state index in [0.717, 1.165) is 67.6 Å². The van der Waals surface area contributed by atoms with Crippen molar-refractivity contribution >= 4 is 23.1 Å². The SMILES string of the molecule is COC(=O)N1CCc2ccc3c(nc(C4CCC(C(=O)O)CC4)n3[C@H](C)C[C@H]3CCCCO3)c2C1. The van der Waals surface area contributed by atoms with Gasteiger partial charge in [-0.25, -0.2) is 9.78 Å². The molecule has 8 heteroatoms. The molecular formula is C27H37N3O5. The molecule has 1 N–H and O–H groups in total. The van der Waals surface area contributed by atoms with E-state index >= 15 is 0 Å². The third-order valence-corrected chi connectivity index (χ3v) is 8.28. The number of aliphatic carboxylic acids is 1. The highest BCUT2D eigenvalue weighted by atomic mass is 16.5. The lowest BCUT2D eigenvalue weighted by molar-refractivity contribution is -0.142. The predicted molar refractivity (Wildman–Crippen MR) is 132 cm³/mol. The number of amides is 1. The largest absolute Gasteiger partial charge is 0.481 e. The smallest absolute Gasteiger partial charge is 0.409 e. The van der Waals surface area contributed by atoms with E-state index in [1.807, 2.05) is 0 Å². The number of fused-ring (bicyclic) bond motifs is 3. The molecule has 0 unspecified atom stereocenters. The lowest BCUT2D eigenvalue weighted by atomic mass is 9.81. The summed E-state index contributed by atoms with van der Waals surface area (Å²) in [6, 6.07) is 4.60. The fourth-order valence-electron chi connectivity index (χ4n) is 6.33. The van der Waals surface area contributed by atoms with Gasteiger partial charge in [-0.05, 0) is 76.3 Å². The third kappa shape index (κ3) is 4.77. The number of carbonyl (C=O) groups excluding carboxylic acids is 1. The zero-order chi connectivity index (χ0) is 24.5. The number of nitrogens with zero attached hydrogens (tertiary/aromatic N) is 3. The number of hydrogen-bond donors (Lipinski definition) is 1. The van der Waals surface area contributed by atoms with Gasteiger partial charge in [0.1, 0.15) is 5.82 Å². The number of carboxylic acids is 1. The summed E-state index contributed by atoms with van der Waals surface area (Å²) in [5.41, 5.74) is 4.43. The molecule has 8 nitrogen and oxygen atoms in total. The van der Waals surface area contributed by atoms with Crippen molar-refractivity contribution in [3.63, 3.8) is 0 Å². The van der Waals surface area contributed by atoms with Crippen molar-refractivity contribution in [2.45, 2.75) is 89.3 Å². The second kappa shape index (κ2) is 10.2. The zero-order valence-corrected chi connectivity index (χ0v) is 20.9. The van der Waals surface area contributed by atoms with Gasteiger partial charge in [0.2, 0.25) is 0 Å². The molecule has 2 atom stereocenters. The first kappa shape index (κ1) is 24.1. The van der Waals surface area contributed by atoms with Crippen LogP contribution in [0.25, 0.3) is 11.0 Å². The van der Waals surface area contributed by atoms with Gasteiger partial charge in [0.25, 0.3) is 0 Å². The Hall–Kier alpha value is -2.61. The Balaban J connectivity index is 1.52. The number of aromatic nitrogens is 2. The number of benzene rings is 1. The minimum atomic E-state index is -0.684. The van der Waals surface area contributed by atoms with Gasteiger partial charge in [-0.1, -0.05) is 6.07 Å². The van der Waals surface area contributed by atoms with E-state index in [1.54, 1.807) is 4.90 Å². The molecule has 2 fully saturated rings. The molecule has 2 aromatic rings. The molecule has 2 aliphatic heterocycles. The van der Waals surface area contributed by atoms with Crippen LogP contribution >= 0.6 is 0 Å². The molecule has 5 rings (SSSR count). The van der Waals surface area contributed by atoms with Crippen molar-refractivity contribution in [1.82, 2.24) is 14.5 Å². The first-order valence-corrected chi connectivity index (χ1v) is 13.2. The molecule has 1 saturated heterocycles. The number of imidazole rings is 1. The molecule has 3 aliphatic rings. The molecule has 1 aromatic heterocycles. The van der Waals surface area contributed by atoms with E-state index in [9.17, 15) is 14.7 Å². The Morgan fingerprint density at radius 3 is 2.69 bits per heavy atom. The van der Waals surface area contributed by atoms with Crippen molar-refractivity contribution in [3.05, 3.63) is 29.1 Å². The van der Waals surface area contributed by atoms with Crippen molar-refractivity contribution < 1.29 is 24.2 Å². The van der Waals surface area contributed by atoms with Crippen LogP contribution in [0, 0.1) is 5.92 Å². The van der Waals surface area contributed by atoms with Crippen molar-refractivity contribution in [2.24, 2.45) is 5.92 Å². The molecule has 0 radical (unpaired) electrons. The molecule has 1 amide bonds. The number of methoxy groups -OCH3 is 1. The first-order chi connectivity index (χ1) is 17.0. The molecule has 1 aliphatic carbocycles. The second-order valence-electron chi connectivity index (χ2n) is 10.5. The Kier molecular flexibility index (Phi) is 7.00. The van der Waals surface area contributed by atoms with E-state index in [-0.39, 0.29) is 30.1 Å². The van der Waals surface area contributed by atoms with Crippen LogP contribution in [0.5, 0.6) is 0 Å². The summed E-state index contributed by atoms with van der Waals surface area (Å²) in [5.74, 6) is 0.370. The maximum atomic E-state index is 12.3. The Bertz CT molecular complexity index is 1080. The fraction of sp³-hybridized carbons (Fsp3) is 0.667. The maximum absolute atomic E-state index is 12.3. The topological polar surface area (TPSA) is 93.9 Å². The Morgan fingerprint density at radius 1 is 1.20 bits per heavy atom. The van der Waals surface area contributed by atoms with E-state index < -0.39 is 5.97 Å². The van der Waals surface area contributed by atoms with Crippen LogP contribution < -0.4 is 0 Å². The summed E-state index contributed by atoms with van der Waals surface area (Å²) in [5, 5.41) is 9.48. The molecule has 35 heavy (non-hydrogen) atoms. The van der Waals surface area contributed by atoms with Gasteiger partial charge in [0.05, 0.1) is 36.7 Å². The zero-order valence-electron chi connectivity index (χ0n) is 20.9. The standard InChI is InChI=1S/C27H37N3O5/c1-17(15-21-5-3-4-14-35-21)30-23-11-10-18-12-13-29(27(33)34-2)16-22(18)24(23)28-25(30)19-6-8-20(9-7-19)26(31)32/h10-11,17,19-21H,3-9,12-16H2,1-2H3,(H,31,32)/t17-,19?,20?,21-/m1/s1. The summed E-state index contributed by atoms with van der Waals surface area (Å²) >= 11 is 0. The van der Waals surface area contributed by atoms with Gasteiger partial charge in [0, 0.05) is 30.7 Å². The molecule has 3 heterocycles. The van der Waals surface area contributed by atoms with Gasteiger partial charge in [-0.3, -0.25) is 4.79 Å². The minimum absolute atomic E-state index is 0.216. The van der Waals surface area contributed by atoms with E-state index in [1.165, 1.54) is 19.1 Å². The van der Waals surface area contributed by atoms with Gasteiger partial charge >= 0.3 is 12.1 Å². The summed E-state index contributed by atoms with van der Waals surface area (Å²) in [7, 11) is 1.42. The summed E-state index contributed by atoms with van der Waals surface area (Å²) in [4.78, 5) is 30.8. The lowest BCUT2D eigenvalue weighted by Crippen LogP contribution is -2.35. The van der Waals surface area contributed by atoms with Crippen molar-refractivity contribution in [1.29, 1.82) is 0 Å². The van der Waals surface area contributed by atoms with E-state index in [4.69, 9.17) is 14.5 Å². The van der Waals surface area contributed by atoms with Crippen molar-refractivity contribution in [2.75, 3.05) is 20.3 Å². The van der Waals surface area contributed by atoms with Crippen LogP contribution in [-0.4, -0.2) is 58.0 Å². The molecule has 1 aromatic carbocycles. The quantitative estimate of drug-likeness (QED) is 0.640. The Labute approximate surface area is 206 Å². The van der Waals surface area contributed by atoms with Gasteiger partial charge < -0.3 is 24.0 Å². The second-order valence-corrected chi connectivity index (χ2v) is 10.5. The number of ether oxygens (including phenoxy) is 2. The molecular weight excluding hydrogens is 446 g/mol. The lowest BCUT2D eigenvalue weighted by Gasteiger charge is -2.30. The monoisotopic (exact) mass is 483 g/mol. The first-order valence-electron chi connectivity index (χ1n) is 13.2. The maximum Gasteiger partial charge on any atom is 0.409 e. The third-order valence-electron chi connectivity index (χ3n) is 8.28. The highest BCUT2D eigenvalue weighted by Crippen LogP contribution is 2.40. The van der Waals surface area contributed by atoms with Crippen LogP contribution in [0.3, 0.4) is 0 Å². The van der Waals surface area contributed by atoms with Crippen molar-refractivity contribution in [3.8, 4) is 0 Å². The number of carbonyl (C=O) groups is 2. The molecule has 1 saturated carbocycles. The molecule has 190 valence electrons. The number of rotatable bonds is 5. The van der Waals surface area contributed by atoms with E-state index in [2.05, 4.69) is 23.6 Å². The highest BCUT2D eigenvalue weighted by molar-refractivity contribution is 5.82. The fourth-order valence-corrected chi connectivity index (χ4v) is 6.33. The molecule has 0 spiro atoms. The molecule has 0 bridgehead atoms. The number of hydrogen-bond acceptors (Lipinski definition) is 5. The van der Waals surface area contributed by atoms with Gasteiger partial charge in [-0.15, -0.1) is 0 Å². The van der Waals surface area contributed by atoms with Gasteiger partial charge in [0.15, 0.2) is 0 Å². The van der Waals surface area contributed by atoms with Gasteiger partial charge in [-0.2, -0.15) is 0 Å². The van der Waals surface area contributed by atoms with Crippen LogP contribution in [-0.2, 0) is 27.2 Å². The minimum Gasteiger partial charge on any atom is -0.481 e. The van der Waals surface area contributed by atoms with E-state index in [0.29, 0.717) is 25.9 Å². The average molecular weight is 484 g/mol. The highest BCUT2D eigenvalue weighted by Gasteiger charge is 2.33. The van der Waals surface area contributed by atoms with Crippen LogP contribution in [0.4, 0.5) is 4.79 Å². The van der Waals surface area contributed by atoms with Crippen LogP contribution in [0.1, 0.15) is 87.2 Å². The van der Waals surface area contributed by atoms with Crippen LogP contribution in [0.2, 0.25) is 0 Å². The number of carboxylic acid groups (broad SMARTS) is 1. The average Bonchev–Trinajstić information content (AvgIpc) is 3.29. The summed E-state index contributed by atoms with van der Waals surface area (Å²) in [6.07, 6.45) is 8.19. The summed E-state index contributed by atoms with van der Waals surface area (Å²) < 4.78 is 13.5. The normalized spacial score (nSPS) is 25.8. The predicted octanol–water partition coefficient (Wildman–Crippen LogP) is 5.04. The Morgan fingerprint density at radius 2 is 2.00 bits per heavy atom.